The first-order chi connectivity index (χ1) is 9.74. The van der Waals surface area contributed by atoms with Crippen LogP contribution >= 0.6 is 0 Å². The molecule has 0 radical (unpaired) electrons. The van der Waals surface area contributed by atoms with E-state index in [1.165, 1.54) is 14.0 Å². The standard InChI is InChI=1S/C12H15FN2O5S/c1-7-3-9(12(16)17)10(13)4-11(7)14-21(18,19)15-5-8(6-15)20-2/h3-4,8,14H,5-6H2,1-2H3,(H,16,17). The Labute approximate surface area is 121 Å². The van der Waals surface area contributed by atoms with Crippen molar-refractivity contribution in [3.8, 4) is 0 Å². The summed E-state index contributed by atoms with van der Waals surface area (Å²) < 4.78 is 46.1. The lowest BCUT2D eigenvalue weighted by molar-refractivity contribution is 0.0128. The van der Waals surface area contributed by atoms with Crippen LogP contribution in [0.1, 0.15) is 15.9 Å². The van der Waals surface area contributed by atoms with Crippen molar-refractivity contribution >= 4 is 21.9 Å². The van der Waals surface area contributed by atoms with Crippen molar-refractivity contribution in [2.24, 2.45) is 0 Å². The molecule has 1 fully saturated rings. The number of nitrogens with zero attached hydrogens (tertiary/aromatic N) is 1. The molecule has 1 aliphatic heterocycles. The van der Waals surface area contributed by atoms with E-state index in [-0.39, 0.29) is 24.9 Å². The quantitative estimate of drug-likeness (QED) is 0.838. The zero-order valence-corrected chi connectivity index (χ0v) is 12.3. The van der Waals surface area contributed by atoms with Crippen LogP contribution in [0.4, 0.5) is 10.1 Å². The number of nitrogens with one attached hydrogen (secondary N) is 1. The number of halogens is 1. The second kappa shape index (κ2) is 5.58. The molecule has 7 nitrogen and oxygen atoms in total. The molecule has 0 amide bonds. The predicted molar refractivity (Wildman–Crippen MR) is 73.0 cm³/mol. The molecular weight excluding hydrogens is 303 g/mol. The molecule has 116 valence electrons. The highest BCUT2D eigenvalue weighted by molar-refractivity contribution is 7.90. The van der Waals surface area contributed by atoms with Crippen LogP contribution in [0.3, 0.4) is 0 Å². The summed E-state index contributed by atoms with van der Waals surface area (Å²) in [6.07, 6.45) is -0.145. The topological polar surface area (TPSA) is 95.9 Å². The van der Waals surface area contributed by atoms with E-state index in [1.54, 1.807) is 0 Å². The number of aryl methyl sites for hydroxylation is 1. The summed E-state index contributed by atoms with van der Waals surface area (Å²) in [6, 6.07) is 1.95. The van der Waals surface area contributed by atoms with Crippen LogP contribution in [-0.2, 0) is 14.9 Å². The van der Waals surface area contributed by atoms with E-state index in [4.69, 9.17) is 9.84 Å². The largest absolute Gasteiger partial charge is 0.478 e. The van der Waals surface area contributed by atoms with Crippen molar-refractivity contribution in [1.82, 2.24) is 4.31 Å². The molecule has 0 bridgehead atoms. The van der Waals surface area contributed by atoms with Gasteiger partial charge in [-0.05, 0) is 24.6 Å². The third kappa shape index (κ3) is 3.14. The molecule has 21 heavy (non-hydrogen) atoms. The number of carboxylic acid groups (broad SMARTS) is 1. The number of hydrogen-bond acceptors (Lipinski definition) is 4. The van der Waals surface area contributed by atoms with E-state index in [0.29, 0.717) is 5.56 Å². The number of benzene rings is 1. The van der Waals surface area contributed by atoms with Gasteiger partial charge in [0.05, 0.1) is 17.4 Å². The monoisotopic (exact) mass is 318 g/mol. The molecule has 0 atom stereocenters. The Kier molecular flexibility index (Phi) is 4.17. The van der Waals surface area contributed by atoms with Gasteiger partial charge in [-0.3, -0.25) is 4.72 Å². The number of hydrogen-bond donors (Lipinski definition) is 2. The molecule has 0 spiro atoms. The molecule has 2 N–H and O–H groups in total. The molecule has 0 saturated carbocycles. The van der Waals surface area contributed by atoms with E-state index in [1.807, 2.05) is 0 Å². The number of aromatic carboxylic acids is 1. The number of methoxy groups -OCH3 is 1. The molecule has 0 aliphatic carbocycles. The first-order valence-electron chi connectivity index (χ1n) is 6.08. The minimum absolute atomic E-state index is 0.0124. The van der Waals surface area contributed by atoms with Gasteiger partial charge in [0.1, 0.15) is 5.82 Å². The first kappa shape index (κ1) is 15.7. The van der Waals surface area contributed by atoms with Crippen molar-refractivity contribution in [3.63, 3.8) is 0 Å². The van der Waals surface area contributed by atoms with Gasteiger partial charge in [0.15, 0.2) is 0 Å². The van der Waals surface area contributed by atoms with Crippen molar-refractivity contribution in [2.45, 2.75) is 13.0 Å². The Bertz CT molecular complexity index is 670. The second-order valence-electron chi connectivity index (χ2n) is 4.73. The summed E-state index contributed by atoms with van der Waals surface area (Å²) in [6.45, 7) is 1.94. The van der Waals surface area contributed by atoms with Gasteiger partial charge in [0, 0.05) is 20.2 Å². The number of rotatable bonds is 5. The minimum Gasteiger partial charge on any atom is -0.478 e. The fourth-order valence-electron chi connectivity index (χ4n) is 1.90. The van der Waals surface area contributed by atoms with Gasteiger partial charge in [0.2, 0.25) is 0 Å². The molecule has 1 heterocycles. The molecule has 1 aliphatic rings. The van der Waals surface area contributed by atoms with E-state index >= 15 is 0 Å². The van der Waals surface area contributed by atoms with E-state index in [9.17, 15) is 17.6 Å². The molecule has 1 aromatic carbocycles. The Hall–Kier alpha value is -1.71. The first-order valence-corrected chi connectivity index (χ1v) is 7.52. The Morgan fingerprint density at radius 2 is 2.10 bits per heavy atom. The van der Waals surface area contributed by atoms with Gasteiger partial charge in [-0.2, -0.15) is 12.7 Å². The predicted octanol–water partition coefficient (Wildman–Crippen LogP) is 0.820. The summed E-state index contributed by atoms with van der Waals surface area (Å²) in [5, 5.41) is 8.80. The number of carbonyl (C=O) groups is 1. The molecule has 0 aromatic heterocycles. The maximum atomic E-state index is 13.6. The van der Waals surface area contributed by atoms with Gasteiger partial charge in [-0.1, -0.05) is 0 Å². The van der Waals surface area contributed by atoms with Crippen molar-refractivity contribution in [1.29, 1.82) is 0 Å². The fraction of sp³-hybridized carbons (Fsp3) is 0.417. The van der Waals surface area contributed by atoms with Crippen LogP contribution in [0.15, 0.2) is 12.1 Å². The van der Waals surface area contributed by atoms with Crippen LogP contribution in [-0.4, -0.2) is 50.1 Å². The number of ether oxygens (including phenoxy) is 1. The Morgan fingerprint density at radius 3 is 2.62 bits per heavy atom. The summed E-state index contributed by atoms with van der Waals surface area (Å²) >= 11 is 0. The third-order valence-corrected chi connectivity index (χ3v) is 4.73. The highest BCUT2D eigenvalue weighted by atomic mass is 32.2. The maximum absolute atomic E-state index is 13.6. The van der Waals surface area contributed by atoms with Crippen molar-refractivity contribution in [2.75, 3.05) is 24.9 Å². The zero-order valence-electron chi connectivity index (χ0n) is 11.5. The van der Waals surface area contributed by atoms with Crippen LogP contribution < -0.4 is 4.72 Å². The average Bonchev–Trinajstić information content (AvgIpc) is 2.31. The highest BCUT2D eigenvalue weighted by Crippen LogP contribution is 2.24. The van der Waals surface area contributed by atoms with Crippen molar-refractivity contribution < 1.29 is 27.4 Å². The van der Waals surface area contributed by atoms with Gasteiger partial charge in [-0.15, -0.1) is 0 Å². The SMILES string of the molecule is COC1CN(S(=O)(=O)Nc2cc(F)c(C(=O)O)cc2C)C1. The lowest BCUT2D eigenvalue weighted by atomic mass is 10.1. The molecule has 1 saturated heterocycles. The van der Waals surface area contributed by atoms with E-state index < -0.39 is 27.6 Å². The second-order valence-corrected chi connectivity index (χ2v) is 6.40. The molecular formula is C12H15FN2O5S. The van der Waals surface area contributed by atoms with Crippen LogP contribution in [0, 0.1) is 12.7 Å². The zero-order chi connectivity index (χ0) is 15.8. The molecule has 9 heteroatoms. The highest BCUT2D eigenvalue weighted by Gasteiger charge is 2.36. The van der Waals surface area contributed by atoms with Crippen LogP contribution in [0.25, 0.3) is 0 Å². The fourth-order valence-corrected chi connectivity index (χ4v) is 3.26. The summed E-state index contributed by atoms with van der Waals surface area (Å²) in [5.74, 6) is -2.40. The minimum atomic E-state index is -3.80. The summed E-state index contributed by atoms with van der Waals surface area (Å²) in [4.78, 5) is 10.8. The van der Waals surface area contributed by atoms with Crippen molar-refractivity contribution in [3.05, 3.63) is 29.1 Å². The lowest BCUT2D eigenvalue weighted by Crippen LogP contribution is -2.55. The van der Waals surface area contributed by atoms with Gasteiger partial charge < -0.3 is 9.84 Å². The summed E-state index contributed by atoms with van der Waals surface area (Å²) in [7, 11) is -2.31. The lowest BCUT2D eigenvalue weighted by Gasteiger charge is -2.36. The van der Waals surface area contributed by atoms with E-state index in [0.717, 1.165) is 16.4 Å². The van der Waals surface area contributed by atoms with Gasteiger partial charge in [-0.25, -0.2) is 9.18 Å². The average molecular weight is 318 g/mol. The normalized spacial score (nSPS) is 16.5. The summed E-state index contributed by atoms with van der Waals surface area (Å²) in [5.41, 5.74) is -0.168. The third-order valence-electron chi connectivity index (χ3n) is 3.27. The number of carboxylic acids is 1. The molecule has 2 rings (SSSR count). The maximum Gasteiger partial charge on any atom is 0.338 e. The Morgan fingerprint density at radius 1 is 1.48 bits per heavy atom. The van der Waals surface area contributed by atoms with E-state index in [2.05, 4.69) is 4.72 Å². The molecule has 1 aromatic rings. The number of anilines is 1. The Balaban J connectivity index is 2.20. The van der Waals surface area contributed by atoms with Gasteiger partial charge >= 0.3 is 16.2 Å². The van der Waals surface area contributed by atoms with Gasteiger partial charge in [0.25, 0.3) is 0 Å². The van der Waals surface area contributed by atoms with Crippen LogP contribution in [0.2, 0.25) is 0 Å². The molecule has 0 unspecified atom stereocenters. The smallest absolute Gasteiger partial charge is 0.338 e. The van der Waals surface area contributed by atoms with Crippen LogP contribution in [0.5, 0.6) is 0 Å².